The highest BCUT2D eigenvalue weighted by Crippen LogP contribution is 2.26. The number of rotatable bonds is 4. The fourth-order valence-electron chi connectivity index (χ4n) is 1.80. The van der Waals surface area contributed by atoms with Crippen molar-refractivity contribution >= 4 is 5.97 Å². The third-order valence-corrected chi connectivity index (χ3v) is 2.59. The number of carbonyl (C=O) groups is 1. The highest BCUT2D eigenvalue weighted by Gasteiger charge is 2.17. The van der Waals surface area contributed by atoms with E-state index < -0.39 is 5.97 Å². The van der Waals surface area contributed by atoms with Crippen LogP contribution in [0.1, 0.15) is 23.5 Å². The smallest absolute Gasteiger partial charge is 0.304 e. The van der Waals surface area contributed by atoms with Crippen LogP contribution < -0.4 is 0 Å². The van der Waals surface area contributed by atoms with E-state index in [2.05, 4.69) is 10.2 Å². The predicted molar refractivity (Wildman–Crippen MR) is 62.6 cm³/mol. The van der Waals surface area contributed by atoms with Gasteiger partial charge >= 0.3 is 5.97 Å². The standard InChI is InChI=1S/C13H12N2O2/c16-13(17)8-12(10-4-2-1-3-5-10)11-6-7-14-15-9-11/h1-7,9,12H,8H2,(H,16,17)/t12-/m0/s1. The van der Waals surface area contributed by atoms with E-state index >= 15 is 0 Å². The van der Waals surface area contributed by atoms with Gasteiger partial charge in [-0.15, -0.1) is 0 Å². The Balaban J connectivity index is 2.36. The van der Waals surface area contributed by atoms with E-state index in [4.69, 9.17) is 5.11 Å². The first kappa shape index (κ1) is 11.3. The number of hydrogen-bond acceptors (Lipinski definition) is 3. The fraction of sp³-hybridized carbons (Fsp3) is 0.154. The summed E-state index contributed by atoms with van der Waals surface area (Å²) in [5, 5.41) is 16.5. The van der Waals surface area contributed by atoms with Crippen molar-refractivity contribution in [3.8, 4) is 0 Å². The molecule has 2 aromatic rings. The molecule has 0 spiro atoms. The van der Waals surface area contributed by atoms with Crippen molar-refractivity contribution in [3.63, 3.8) is 0 Å². The molecule has 86 valence electrons. The largest absolute Gasteiger partial charge is 0.481 e. The van der Waals surface area contributed by atoms with E-state index in [-0.39, 0.29) is 12.3 Å². The number of benzene rings is 1. The normalized spacial score (nSPS) is 12.0. The van der Waals surface area contributed by atoms with Gasteiger partial charge in [0.15, 0.2) is 0 Å². The van der Waals surface area contributed by atoms with E-state index in [9.17, 15) is 4.79 Å². The molecule has 0 unspecified atom stereocenters. The molecule has 1 aromatic heterocycles. The molecule has 0 aliphatic carbocycles. The molecular weight excluding hydrogens is 216 g/mol. The average molecular weight is 228 g/mol. The van der Waals surface area contributed by atoms with Crippen LogP contribution in [-0.2, 0) is 4.79 Å². The Morgan fingerprint density at radius 1 is 1.12 bits per heavy atom. The Bertz CT molecular complexity index is 446. The molecule has 1 atom stereocenters. The van der Waals surface area contributed by atoms with Gasteiger partial charge in [0.05, 0.1) is 12.6 Å². The van der Waals surface area contributed by atoms with Crippen LogP contribution in [-0.4, -0.2) is 21.3 Å². The van der Waals surface area contributed by atoms with E-state index in [0.29, 0.717) is 0 Å². The van der Waals surface area contributed by atoms with E-state index in [1.807, 2.05) is 30.3 Å². The Labute approximate surface area is 98.9 Å². The van der Waals surface area contributed by atoms with Crippen molar-refractivity contribution in [2.75, 3.05) is 0 Å². The maximum absolute atomic E-state index is 10.9. The molecule has 0 aliphatic heterocycles. The lowest BCUT2D eigenvalue weighted by atomic mass is 9.90. The lowest BCUT2D eigenvalue weighted by molar-refractivity contribution is -0.137. The van der Waals surface area contributed by atoms with Crippen LogP contribution in [0.5, 0.6) is 0 Å². The SMILES string of the molecule is O=C(O)C[C@@H](c1ccccc1)c1ccnnc1. The Kier molecular flexibility index (Phi) is 3.45. The zero-order valence-corrected chi connectivity index (χ0v) is 9.15. The van der Waals surface area contributed by atoms with Crippen molar-refractivity contribution in [1.82, 2.24) is 10.2 Å². The number of aromatic nitrogens is 2. The molecule has 4 nitrogen and oxygen atoms in total. The minimum Gasteiger partial charge on any atom is -0.481 e. The summed E-state index contributed by atoms with van der Waals surface area (Å²) in [6.07, 6.45) is 3.24. The minimum atomic E-state index is -0.823. The quantitative estimate of drug-likeness (QED) is 0.870. The molecule has 0 bridgehead atoms. The second-order valence-corrected chi connectivity index (χ2v) is 3.74. The second kappa shape index (κ2) is 5.21. The highest BCUT2D eigenvalue weighted by atomic mass is 16.4. The van der Waals surface area contributed by atoms with Crippen molar-refractivity contribution in [2.24, 2.45) is 0 Å². The number of hydrogen-bond donors (Lipinski definition) is 1. The molecular formula is C13H12N2O2. The molecule has 0 fully saturated rings. The van der Waals surface area contributed by atoms with Gasteiger partial charge in [0.25, 0.3) is 0 Å². The topological polar surface area (TPSA) is 63.1 Å². The molecule has 4 heteroatoms. The summed E-state index contributed by atoms with van der Waals surface area (Å²) in [6, 6.07) is 11.4. The molecule has 0 saturated carbocycles. The maximum Gasteiger partial charge on any atom is 0.304 e. The summed E-state index contributed by atoms with van der Waals surface area (Å²) < 4.78 is 0. The van der Waals surface area contributed by atoms with E-state index in [0.717, 1.165) is 11.1 Å². The summed E-state index contributed by atoms with van der Waals surface area (Å²) in [6.45, 7) is 0. The summed E-state index contributed by atoms with van der Waals surface area (Å²) in [7, 11) is 0. The predicted octanol–water partition coefficient (Wildman–Crippen LogP) is 2.08. The van der Waals surface area contributed by atoms with Crippen LogP contribution in [0.15, 0.2) is 48.8 Å². The first-order valence-corrected chi connectivity index (χ1v) is 5.30. The van der Waals surface area contributed by atoms with Crippen molar-refractivity contribution < 1.29 is 9.90 Å². The van der Waals surface area contributed by atoms with Crippen molar-refractivity contribution in [1.29, 1.82) is 0 Å². The Hall–Kier alpha value is -2.23. The van der Waals surface area contributed by atoms with Gasteiger partial charge in [0.2, 0.25) is 0 Å². The molecule has 1 heterocycles. The van der Waals surface area contributed by atoms with Gasteiger partial charge in [0, 0.05) is 12.1 Å². The first-order valence-electron chi connectivity index (χ1n) is 5.30. The number of carboxylic acid groups (broad SMARTS) is 1. The second-order valence-electron chi connectivity index (χ2n) is 3.74. The van der Waals surface area contributed by atoms with Crippen LogP contribution in [0.2, 0.25) is 0 Å². The number of aliphatic carboxylic acids is 1. The first-order chi connectivity index (χ1) is 8.27. The van der Waals surface area contributed by atoms with Gasteiger partial charge in [-0.05, 0) is 17.2 Å². The molecule has 1 N–H and O–H groups in total. The molecule has 0 radical (unpaired) electrons. The van der Waals surface area contributed by atoms with Crippen LogP contribution in [0, 0.1) is 0 Å². The zero-order chi connectivity index (χ0) is 12.1. The van der Waals surface area contributed by atoms with E-state index in [1.165, 1.54) is 0 Å². The number of carboxylic acids is 1. The van der Waals surface area contributed by atoms with Crippen molar-refractivity contribution in [2.45, 2.75) is 12.3 Å². The van der Waals surface area contributed by atoms with Gasteiger partial charge in [-0.2, -0.15) is 10.2 Å². The molecule has 0 amide bonds. The molecule has 2 rings (SSSR count). The van der Waals surface area contributed by atoms with Crippen LogP contribution in [0.25, 0.3) is 0 Å². The van der Waals surface area contributed by atoms with E-state index in [1.54, 1.807) is 18.5 Å². The van der Waals surface area contributed by atoms with Gasteiger partial charge in [-0.25, -0.2) is 0 Å². The number of nitrogens with zero attached hydrogens (tertiary/aromatic N) is 2. The molecule has 1 aromatic carbocycles. The summed E-state index contributed by atoms with van der Waals surface area (Å²) >= 11 is 0. The summed E-state index contributed by atoms with van der Waals surface area (Å²) in [5.74, 6) is -1.00. The van der Waals surface area contributed by atoms with Gasteiger partial charge in [-0.1, -0.05) is 30.3 Å². The lowest BCUT2D eigenvalue weighted by Crippen LogP contribution is -2.08. The van der Waals surface area contributed by atoms with Crippen molar-refractivity contribution in [3.05, 3.63) is 59.9 Å². The lowest BCUT2D eigenvalue weighted by Gasteiger charge is -2.14. The van der Waals surface area contributed by atoms with Crippen LogP contribution >= 0.6 is 0 Å². The Morgan fingerprint density at radius 3 is 2.47 bits per heavy atom. The highest BCUT2D eigenvalue weighted by molar-refractivity contribution is 5.69. The zero-order valence-electron chi connectivity index (χ0n) is 9.15. The third kappa shape index (κ3) is 2.87. The van der Waals surface area contributed by atoms with Gasteiger partial charge < -0.3 is 5.11 Å². The Morgan fingerprint density at radius 2 is 1.88 bits per heavy atom. The summed E-state index contributed by atoms with van der Waals surface area (Å²) in [4.78, 5) is 10.9. The monoisotopic (exact) mass is 228 g/mol. The van der Waals surface area contributed by atoms with Crippen LogP contribution in [0.3, 0.4) is 0 Å². The minimum absolute atomic E-state index is 0.0513. The van der Waals surface area contributed by atoms with Gasteiger partial charge in [-0.3, -0.25) is 4.79 Å². The fourth-order valence-corrected chi connectivity index (χ4v) is 1.80. The van der Waals surface area contributed by atoms with Gasteiger partial charge in [0.1, 0.15) is 0 Å². The third-order valence-electron chi connectivity index (χ3n) is 2.59. The average Bonchev–Trinajstić information content (AvgIpc) is 2.38. The molecule has 0 aliphatic rings. The molecule has 0 saturated heterocycles. The molecule has 17 heavy (non-hydrogen) atoms. The van der Waals surface area contributed by atoms with Crippen LogP contribution in [0.4, 0.5) is 0 Å². The maximum atomic E-state index is 10.9. The summed E-state index contributed by atoms with van der Waals surface area (Å²) in [5.41, 5.74) is 1.84.